The summed E-state index contributed by atoms with van der Waals surface area (Å²) >= 11 is 0. The standard InChI is InChI=1S/C20H32N2O3/c1-5-25-19(24)22-13-7-12-21(14-15-22)18(23)10-9-17-16(2)8-6-11-20(17,3)4/h9-10H,5-8,11-15H2,1-4H3. The zero-order valence-corrected chi connectivity index (χ0v) is 16.1. The summed E-state index contributed by atoms with van der Waals surface area (Å²) in [6.07, 6.45) is 7.74. The van der Waals surface area contributed by atoms with Crippen LogP contribution in [0.1, 0.15) is 53.4 Å². The predicted octanol–water partition coefficient (Wildman–Crippen LogP) is 3.76. The van der Waals surface area contributed by atoms with Gasteiger partial charge >= 0.3 is 6.09 Å². The topological polar surface area (TPSA) is 49.9 Å². The first-order valence-electron chi connectivity index (χ1n) is 9.44. The van der Waals surface area contributed by atoms with Crippen LogP contribution >= 0.6 is 0 Å². The molecule has 0 spiro atoms. The fraction of sp³-hybridized carbons (Fsp3) is 0.700. The van der Waals surface area contributed by atoms with Crippen LogP contribution in [-0.2, 0) is 9.53 Å². The summed E-state index contributed by atoms with van der Waals surface area (Å²) in [5.74, 6) is 0.0346. The molecule has 25 heavy (non-hydrogen) atoms. The molecule has 140 valence electrons. The van der Waals surface area contributed by atoms with E-state index in [-0.39, 0.29) is 17.4 Å². The molecule has 0 radical (unpaired) electrons. The zero-order chi connectivity index (χ0) is 18.4. The number of ether oxygens (including phenoxy) is 1. The van der Waals surface area contributed by atoms with E-state index in [1.54, 1.807) is 17.9 Å². The Kier molecular flexibility index (Phi) is 6.68. The highest BCUT2D eigenvalue weighted by Crippen LogP contribution is 2.40. The lowest BCUT2D eigenvalue weighted by Crippen LogP contribution is -2.37. The van der Waals surface area contributed by atoms with Crippen LogP contribution in [-0.4, -0.2) is 54.6 Å². The second-order valence-corrected chi connectivity index (χ2v) is 7.63. The van der Waals surface area contributed by atoms with Crippen molar-refractivity contribution in [3.63, 3.8) is 0 Å². The van der Waals surface area contributed by atoms with Crippen LogP contribution in [0, 0.1) is 5.41 Å². The van der Waals surface area contributed by atoms with Gasteiger partial charge in [-0.05, 0) is 50.5 Å². The average molecular weight is 348 g/mol. The number of amides is 2. The Bertz CT molecular complexity index is 563. The van der Waals surface area contributed by atoms with E-state index in [0.717, 1.165) is 19.3 Å². The smallest absolute Gasteiger partial charge is 0.409 e. The third kappa shape index (κ3) is 5.10. The van der Waals surface area contributed by atoms with Crippen molar-refractivity contribution in [1.29, 1.82) is 0 Å². The Balaban J connectivity index is 1.98. The van der Waals surface area contributed by atoms with E-state index >= 15 is 0 Å². The molecule has 5 heteroatoms. The van der Waals surface area contributed by atoms with Crippen LogP contribution in [0.3, 0.4) is 0 Å². The molecule has 0 saturated carbocycles. The van der Waals surface area contributed by atoms with Gasteiger partial charge in [0.2, 0.25) is 5.91 Å². The molecule has 0 unspecified atom stereocenters. The molecular weight excluding hydrogens is 316 g/mol. The molecule has 0 aromatic heterocycles. The van der Waals surface area contributed by atoms with Gasteiger partial charge < -0.3 is 14.5 Å². The normalized spacial score (nSPS) is 21.4. The maximum atomic E-state index is 12.6. The lowest BCUT2D eigenvalue weighted by molar-refractivity contribution is -0.125. The molecule has 2 rings (SSSR count). The molecule has 1 aliphatic carbocycles. The number of rotatable bonds is 3. The van der Waals surface area contributed by atoms with Crippen LogP contribution in [0.4, 0.5) is 4.79 Å². The lowest BCUT2D eigenvalue weighted by Gasteiger charge is -2.33. The fourth-order valence-electron chi connectivity index (χ4n) is 3.81. The van der Waals surface area contributed by atoms with Crippen LogP contribution in [0.5, 0.6) is 0 Å². The third-order valence-electron chi connectivity index (χ3n) is 5.27. The molecular formula is C20H32N2O3. The number of allylic oxidation sites excluding steroid dienone is 3. The minimum atomic E-state index is -0.280. The van der Waals surface area contributed by atoms with Gasteiger partial charge in [-0.1, -0.05) is 25.5 Å². The highest BCUT2D eigenvalue weighted by Gasteiger charge is 2.27. The first-order chi connectivity index (χ1) is 11.8. The highest BCUT2D eigenvalue weighted by molar-refractivity contribution is 5.88. The largest absolute Gasteiger partial charge is 0.450 e. The molecule has 0 atom stereocenters. The van der Waals surface area contributed by atoms with Gasteiger partial charge in [-0.15, -0.1) is 0 Å². The van der Waals surface area contributed by atoms with E-state index in [1.807, 2.05) is 11.0 Å². The molecule has 1 heterocycles. The molecule has 0 N–H and O–H groups in total. The maximum absolute atomic E-state index is 12.6. The fourth-order valence-corrected chi connectivity index (χ4v) is 3.81. The van der Waals surface area contributed by atoms with E-state index in [0.29, 0.717) is 32.8 Å². The second-order valence-electron chi connectivity index (χ2n) is 7.63. The Morgan fingerprint density at radius 1 is 1.12 bits per heavy atom. The summed E-state index contributed by atoms with van der Waals surface area (Å²) in [6.45, 7) is 11.3. The Labute approximate surface area is 151 Å². The molecule has 1 saturated heterocycles. The first-order valence-corrected chi connectivity index (χ1v) is 9.44. The van der Waals surface area contributed by atoms with Crippen molar-refractivity contribution in [3.05, 3.63) is 23.3 Å². The summed E-state index contributed by atoms with van der Waals surface area (Å²) in [5.41, 5.74) is 2.83. The number of hydrogen-bond donors (Lipinski definition) is 0. The van der Waals surface area contributed by atoms with Gasteiger partial charge in [0.25, 0.3) is 0 Å². The zero-order valence-electron chi connectivity index (χ0n) is 16.1. The molecule has 1 fully saturated rings. The van der Waals surface area contributed by atoms with Gasteiger partial charge in [0, 0.05) is 32.3 Å². The molecule has 5 nitrogen and oxygen atoms in total. The number of nitrogens with zero attached hydrogens (tertiary/aromatic N) is 2. The predicted molar refractivity (Wildman–Crippen MR) is 99.3 cm³/mol. The second kappa shape index (κ2) is 8.54. The van der Waals surface area contributed by atoms with Crippen molar-refractivity contribution in [2.45, 2.75) is 53.4 Å². The summed E-state index contributed by atoms with van der Waals surface area (Å²) in [5, 5.41) is 0. The third-order valence-corrected chi connectivity index (χ3v) is 5.27. The van der Waals surface area contributed by atoms with Crippen molar-refractivity contribution < 1.29 is 14.3 Å². The van der Waals surface area contributed by atoms with Crippen molar-refractivity contribution in [1.82, 2.24) is 9.80 Å². The lowest BCUT2D eigenvalue weighted by atomic mass is 9.72. The SMILES string of the molecule is CCOC(=O)N1CCCN(C(=O)C=CC2=C(C)CCCC2(C)C)CC1. The maximum Gasteiger partial charge on any atom is 0.409 e. The Morgan fingerprint density at radius 2 is 1.80 bits per heavy atom. The number of carbonyl (C=O) groups excluding carboxylic acids is 2. The van der Waals surface area contributed by atoms with Crippen molar-refractivity contribution in [3.8, 4) is 0 Å². The minimum Gasteiger partial charge on any atom is -0.450 e. The highest BCUT2D eigenvalue weighted by atomic mass is 16.6. The molecule has 0 bridgehead atoms. The van der Waals surface area contributed by atoms with Gasteiger partial charge in [-0.2, -0.15) is 0 Å². The Morgan fingerprint density at radius 3 is 2.48 bits per heavy atom. The molecule has 0 aromatic carbocycles. The van der Waals surface area contributed by atoms with Crippen molar-refractivity contribution in [2.24, 2.45) is 5.41 Å². The molecule has 0 aromatic rings. The minimum absolute atomic E-state index is 0.0346. The van der Waals surface area contributed by atoms with Gasteiger partial charge in [0.1, 0.15) is 0 Å². The van der Waals surface area contributed by atoms with Crippen LogP contribution in [0.15, 0.2) is 23.3 Å². The first kappa shape index (κ1) is 19.5. The van der Waals surface area contributed by atoms with E-state index in [9.17, 15) is 9.59 Å². The quantitative estimate of drug-likeness (QED) is 0.730. The number of carbonyl (C=O) groups is 2. The van der Waals surface area contributed by atoms with Gasteiger partial charge in [-0.25, -0.2) is 4.79 Å². The van der Waals surface area contributed by atoms with Gasteiger partial charge in [0.15, 0.2) is 0 Å². The summed E-state index contributed by atoms with van der Waals surface area (Å²) in [6, 6.07) is 0. The Hall–Kier alpha value is -1.78. The summed E-state index contributed by atoms with van der Waals surface area (Å²) in [4.78, 5) is 28.0. The average Bonchev–Trinajstić information content (AvgIpc) is 2.80. The summed E-state index contributed by atoms with van der Waals surface area (Å²) < 4.78 is 5.06. The van der Waals surface area contributed by atoms with E-state index in [1.165, 1.54) is 17.6 Å². The number of hydrogen-bond acceptors (Lipinski definition) is 3. The van der Waals surface area contributed by atoms with Crippen molar-refractivity contribution in [2.75, 3.05) is 32.8 Å². The van der Waals surface area contributed by atoms with E-state index < -0.39 is 0 Å². The molecule has 2 aliphatic rings. The van der Waals surface area contributed by atoms with E-state index in [2.05, 4.69) is 20.8 Å². The van der Waals surface area contributed by atoms with E-state index in [4.69, 9.17) is 4.74 Å². The molecule has 2 amide bonds. The summed E-state index contributed by atoms with van der Waals surface area (Å²) in [7, 11) is 0. The van der Waals surface area contributed by atoms with Gasteiger partial charge in [0.05, 0.1) is 6.61 Å². The van der Waals surface area contributed by atoms with Crippen molar-refractivity contribution >= 4 is 12.0 Å². The van der Waals surface area contributed by atoms with Crippen LogP contribution in [0.2, 0.25) is 0 Å². The van der Waals surface area contributed by atoms with Crippen LogP contribution < -0.4 is 0 Å². The van der Waals surface area contributed by atoms with Crippen LogP contribution in [0.25, 0.3) is 0 Å². The van der Waals surface area contributed by atoms with Gasteiger partial charge in [-0.3, -0.25) is 4.79 Å². The molecule has 1 aliphatic heterocycles. The monoisotopic (exact) mass is 348 g/mol.